The molecule has 0 fully saturated rings. The molecule has 6 heteroatoms. The molecular formula is C48H85NO5. The average Bonchev–Trinajstić information content (AvgIpc) is 3.16. The van der Waals surface area contributed by atoms with Crippen molar-refractivity contribution in [1.82, 2.24) is 5.32 Å². The van der Waals surface area contributed by atoms with E-state index < -0.39 is 18.2 Å². The first-order valence-corrected chi connectivity index (χ1v) is 22.6. The Morgan fingerprint density at radius 3 is 1.41 bits per heavy atom. The lowest BCUT2D eigenvalue weighted by Crippen LogP contribution is -2.46. The Balaban J connectivity index is 4.64. The minimum atomic E-state index is -0.816. The minimum absolute atomic E-state index is 0.0181. The molecule has 3 atom stereocenters. The van der Waals surface area contributed by atoms with Gasteiger partial charge in [0.15, 0.2) is 0 Å². The maximum absolute atomic E-state index is 13.1. The maximum Gasteiger partial charge on any atom is 0.306 e. The summed E-state index contributed by atoms with van der Waals surface area (Å²) < 4.78 is 5.79. The van der Waals surface area contributed by atoms with Crippen molar-refractivity contribution < 1.29 is 24.5 Å². The molecule has 0 aromatic rings. The van der Waals surface area contributed by atoms with Gasteiger partial charge in [-0.05, 0) is 19.3 Å². The molecule has 0 rings (SSSR count). The van der Waals surface area contributed by atoms with E-state index in [0.717, 1.165) is 44.9 Å². The molecule has 0 radical (unpaired) electrons. The predicted molar refractivity (Wildman–Crippen MR) is 232 cm³/mol. The highest BCUT2D eigenvalue weighted by atomic mass is 16.5. The second-order valence-electron chi connectivity index (χ2n) is 15.2. The normalized spacial score (nSPS) is 13.9. The van der Waals surface area contributed by atoms with Crippen LogP contribution in [0.5, 0.6) is 0 Å². The number of rotatable bonds is 39. The Morgan fingerprint density at radius 1 is 0.556 bits per heavy atom. The van der Waals surface area contributed by atoms with Crippen molar-refractivity contribution in [1.29, 1.82) is 0 Å². The van der Waals surface area contributed by atoms with Crippen molar-refractivity contribution >= 4 is 11.9 Å². The number of aliphatic hydroxyl groups excluding tert-OH is 2. The number of amides is 1. The number of hydrogen-bond acceptors (Lipinski definition) is 5. The van der Waals surface area contributed by atoms with Gasteiger partial charge in [0.1, 0.15) is 6.10 Å². The second-order valence-corrected chi connectivity index (χ2v) is 15.2. The first-order chi connectivity index (χ1) is 26.5. The van der Waals surface area contributed by atoms with E-state index in [9.17, 15) is 19.8 Å². The van der Waals surface area contributed by atoms with E-state index in [-0.39, 0.29) is 24.9 Å². The lowest BCUT2D eigenvalue weighted by atomic mass is 10.0. The number of carbonyl (C=O) groups excluding carboxylic acids is 2. The van der Waals surface area contributed by atoms with Crippen LogP contribution in [-0.2, 0) is 14.3 Å². The fourth-order valence-corrected chi connectivity index (χ4v) is 6.57. The van der Waals surface area contributed by atoms with Gasteiger partial charge in [-0.3, -0.25) is 9.59 Å². The highest BCUT2D eigenvalue weighted by molar-refractivity contribution is 5.77. The molecule has 312 valence electrons. The van der Waals surface area contributed by atoms with Gasteiger partial charge >= 0.3 is 5.97 Å². The standard InChI is InChI=1S/C48H85NO5/c1-4-7-10-13-16-19-21-22-23-24-26-29-31-34-37-40-46(51)45(43-50)49-47(52)42-44(39-36-33-30-28-25-20-17-14-11-8-5-2)54-48(53)41-38-35-32-27-18-15-12-9-6-3/h8,11,14,17,20,25,28,30,33,36,44-46,50-51H,4-7,9-10,12-13,15-16,18-19,21-24,26-27,29,31-32,34-35,37-43H2,1-3H3,(H,49,52)/b11-8+,17-14+,25-20-,30-28-,36-33+. The quantitative estimate of drug-likeness (QED) is 0.0330. The summed E-state index contributed by atoms with van der Waals surface area (Å²) in [6.45, 7) is 6.26. The van der Waals surface area contributed by atoms with Crippen LogP contribution >= 0.6 is 0 Å². The third kappa shape index (κ3) is 36.5. The molecule has 1 amide bonds. The number of nitrogens with one attached hydrogen (secondary N) is 1. The molecule has 0 heterocycles. The van der Waals surface area contributed by atoms with Gasteiger partial charge in [0.25, 0.3) is 0 Å². The molecule has 6 nitrogen and oxygen atoms in total. The van der Waals surface area contributed by atoms with E-state index >= 15 is 0 Å². The molecule has 0 aromatic carbocycles. The number of aliphatic hydroxyl groups is 2. The van der Waals surface area contributed by atoms with Gasteiger partial charge in [0.2, 0.25) is 5.91 Å². The van der Waals surface area contributed by atoms with Crippen molar-refractivity contribution in [3.05, 3.63) is 60.8 Å². The number of esters is 1. The smallest absolute Gasteiger partial charge is 0.306 e. The summed E-state index contributed by atoms with van der Waals surface area (Å²) in [7, 11) is 0. The zero-order valence-electron chi connectivity index (χ0n) is 35.3. The Bertz CT molecular complexity index is 984. The molecule has 0 aromatic heterocycles. The Morgan fingerprint density at radius 2 is 0.963 bits per heavy atom. The van der Waals surface area contributed by atoms with Crippen molar-refractivity contribution in [3.63, 3.8) is 0 Å². The van der Waals surface area contributed by atoms with Crippen molar-refractivity contribution in [2.75, 3.05) is 6.61 Å². The fraction of sp³-hybridized carbons (Fsp3) is 0.750. The number of hydrogen-bond donors (Lipinski definition) is 3. The molecular weight excluding hydrogens is 671 g/mol. The molecule has 54 heavy (non-hydrogen) atoms. The largest absolute Gasteiger partial charge is 0.461 e. The van der Waals surface area contributed by atoms with E-state index in [2.05, 4.69) is 32.2 Å². The van der Waals surface area contributed by atoms with E-state index in [1.165, 1.54) is 116 Å². The van der Waals surface area contributed by atoms with Crippen molar-refractivity contribution in [3.8, 4) is 0 Å². The number of unbranched alkanes of at least 4 members (excludes halogenated alkanes) is 22. The predicted octanol–water partition coefficient (Wildman–Crippen LogP) is 12.9. The average molecular weight is 756 g/mol. The van der Waals surface area contributed by atoms with Crippen molar-refractivity contribution in [2.45, 2.75) is 225 Å². The molecule has 0 aliphatic carbocycles. The molecule has 0 aliphatic heterocycles. The molecule has 3 unspecified atom stereocenters. The van der Waals surface area contributed by atoms with Gasteiger partial charge in [0, 0.05) is 12.8 Å². The van der Waals surface area contributed by atoms with Gasteiger partial charge in [-0.2, -0.15) is 0 Å². The lowest BCUT2D eigenvalue weighted by Gasteiger charge is -2.24. The first kappa shape index (κ1) is 51.6. The van der Waals surface area contributed by atoms with E-state index in [0.29, 0.717) is 19.3 Å². The topological polar surface area (TPSA) is 95.9 Å². The van der Waals surface area contributed by atoms with Crippen LogP contribution in [0.1, 0.15) is 207 Å². The van der Waals surface area contributed by atoms with E-state index in [1.807, 2.05) is 54.7 Å². The summed E-state index contributed by atoms with van der Waals surface area (Å²) in [5, 5.41) is 23.6. The number of allylic oxidation sites excluding steroid dienone is 9. The van der Waals surface area contributed by atoms with Crippen LogP contribution < -0.4 is 5.32 Å². The Hall–Kier alpha value is -2.44. The van der Waals surface area contributed by atoms with Crippen LogP contribution in [0.25, 0.3) is 0 Å². The highest BCUT2D eigenvalue weighted by Crippen LogP contribution is 2.16. The van der Waals surface area contributed by atoms with Crippen LogP contribution in [0.4, 0.5) is 0 Å². The molecule has 0 saturated carbocycles. The third-order valence-electron chi connectivity index (χ3n) is 9.99. The SMILES string of the molecule is CC/C=C/C=C/C=C\C=C/C=C/CC(CC(=O)NC(CO)C(O)CCCCCCCCCCCCCCCCC)OC(=O)CCCCCCCCCCC. The van der Waals surface area contributed by atoms with Crippen molar-refractivity contribution in [2.24, 2.45) is 0 Å². The summed E-state index contributed by atoms with van der Waals surface area (Å²) in [4.78, 5) is 25.8. The first-order valence-electron chi connectivity index (χ1n) is 22.6. The summed E-state index contributed by atoms with van der Waals surface area (Å²) in [6, 6.07) is -0.737. The summed E-state index contributed by atoms with van der Waals surface area (Å²) >= 11 is 0. The number of ether oxygens (including phenoxy) is 1. The molecule has 0 saturated heterocycles. The fourth-order valence-electron chi connectivity index (χ4n) is 6.57. The van der Waals surface area contributed by atoms with Crippen LogP contribution in [0.15, 0.2) is 60.8 Å². The highest BCUT2D eigenvalue weighted by Gasteiger charge is 2.23. The summed E-state index contributed by atoms with van der Waals surface area (Å²) in [6.07, 6.45) is 50.2. The van der Waals surface area contributed by atoms with Crippen LogP contribution in [0.2, 0.25) is 0 Å². The second kappa shape index (κ2) is 41.7. The molecule has 0 bridgehead atoms. The van der Waals surface area contributed by atoms with Gasteiger partial charge in [-0.1, -0.05) is 229 Å². The monoisotopic (exact) mass is 756 g/mol. The summed E-state index contributed by atoms with van der Waals surface area (Å²) in [5.74, 6) is -0.611. The minimum Gasteiger partial charge on any atom is -0.461 e. The zero-order valence-corrected chi connectivity index (χ0v) is 35.3. The molecule has 0 spiro atoms. The van der Waals surface area contributed by atoms with Gasteiger partial charge < -0.3 is 20.3 Å². The lowest BCUT2D eigenvalue weighted by molar-refractivity contribution is -0.150. The van der Waals surface area contributed by atoms with Crippen LogP contribution in [-0.4, -0.2) is 46.9 Å². The van der Waals surface area contributed by atoms with Gasteiger partial charge in [-0.15, -0.1) is 0 Å². The van der Waals surface area contributed by atoms with E-state index in [4.69, 9.17) is 4.74 Å². The molecule has 3 N–H and O–H groups in total. The van der Waals surface area contributed by atoms with Crippen LogP contribution in [0.3, 0.4) is 0 Å². The Kier molecular flexibility index (Phi) is 39.8. The maximum atomic E-state index is 13.1. The number of carbonyl (C=O) groups is 2. The Labute approximate surface area is 333 Å². The zero-order chi connectivity index (χ0) is 39.6. The summed E-state index contributed by atoms with van der Waals surface area (Å²) in [5.41, 5.74) is 0. The molecule has 0 aliphatic rings. The van der Waals surface area contributed by atoms with Gasteiger partial charge in [0.05, 0.1) is 25.2 Å². The van der Waals surface area contributed by atoms with E-state index in [1.54, 1.807) is 0 Å². The van der Waals surface area contributed by atoms with Crippen LogP contribution in [0, 0.1) is 0 Å². The van der Waals surface area contributed by atoms with Gasteiger partial charge in [-0.25, -0.2) is 0 Å². The third-order valence-corrected chi connectivity index (χ3v) is 9.99.